The Labute approximate surface area is 150 Å². The predicted molar refractivity (Wildman–Crippen MR) is 99.5 cm³/mol. The number of nitrogens with one attached hydrogen (secondary N) is 1. The van der Waals surface area contributed by atoms with E-state index in [0.717, 1.165) is 5.56 Å². The van der Waals surface area contributed by atoms with Crippen LogP contribution in [-0.2, 0) is 0 Å². The maximum absolute atomic E-state index is 11.9. The number of phenols is 1. The van der Waals surface area contributed by atoms with Crippen LogP contribution in [0.1, 0.15) is 15.9 Å². The number of nitrogens with two attached hydrogens (primary N) is 1. The fourth-order valence-corrected chi connectivity index (χ4v) is 2.72. The largest absolute Gasteiger partial charge is 0.506 e. The summed E-state index contributed by atoms with van der Waals surface area (Å²) in [6, 6.07) is 8.61. The van der Waals surface area contributed by atoms with Crippen molar-refractivity contribution in [2.24, 2.45) is 5.73 Å². The number of rotatable bonds is 5. The monoisotopic (exact) mass is 353 g/mol. The summed E-state index contributed by atoms with van der Waals surface area (Å²) in [5.41, 5.74) is 8.08. The van der Waals surface area contributed by atoms with Crippen molar-refractivity contribution in [2.75, 3.05) is 19.5 Å². The van der Waals surface area contributed by atoms with E-state index in [0.29, 0.717) is 33.8 Å². The van der Waals surface area contributed by atoms with E-state index in [1.807, 2.05) is 13.0 Å². The summed E-state index contributed by atoms with van der Waals surface area (Å²) in [6.45, 7) is 1.87. The van der Waals surface area contributed by atoms with E-state index in [1.165, 1.54) is 20.4 Å². The summed E-state index contributed by atoms with van der Waals surface area (Å²) in [6.07, 6.45) is 1.39. The minimum absolute atomic E-state index is 0.0610. The number of anilines is 2. The lowest BCUT2D eigenvalue weighted by Gasteiger charge is -2.16. The van der Waals surface area contributed by atoms with E-state index in [9.17, 15) is 9.90 Å². The SMILES string of the molecule is COc1cc2ncc(C(N)=O)c(Nc3ccc(C)cc3O)c2cc1OC. The number of pyridine rings is 1. The first-order chi connectivity index (χ1) is 12.4. The lowest BCUT2D eigenvalue weighted by molar-refractivity contribution is 0.100. The second kappa shape index (κ2) is 6.79. The summed E-state index contributed by atoms with van der Waals surface area (Å²) in [7, 11) is 3.05. The average Bonchev–Trinajstić information content (AvgIpc) is 2.62. The van der Waals surface area contributed by atoms with Crippen LogP contribution in [0.4, 0.5) is 11.4 Å². The highest BCUT2D eigenvalue weighted by Gasteiger charge is 2.17. The molecule has 0 atom stereocenters. The number of benzene rings is 2. The molecule has 0 fully saturated rings. The maximum atomic E-state index is 11.9. The Kier molecular flexibility index (Phi) is 4.53. The summed E-state index contributed by atoms with van der Waals surface area (Å²) in [5.74, 6) is 0.428. The molecule has 2 aromatic carbocycles. The van der Waals surface area contributed by atoms with Crippen molar-refractivity contribution in [3.05, 3.63) is 47.7 Å². The Morgan fingerprint density at radius 2 is 1.85 bits per heavy atom. The van der Waals surface area contributed by atoms with E-state index in [-0.39, 0.29) is 11.3 Å². The van der Waals surface area contributed by atoms with Gasteiger partial charge in [0.2, 0.25) is 0 Å². The number of hydrogen-bond acceptors (Lipinski definition) is 6. The van der Waals surface area contributed by atoms with E-state index in [2.05, 4.69) is 10.3 Å². The van der Waals surface area contributed by atoms with Crippen molar-refractivity contribution < 1.29 is 19.4 Å². The lowest BCUT2D eigenvalue weighted by atomic mass is 10.1. The van der Waals surface area contributed by atoms with Gasteiger partial charge in [0.05, 0.1) is 36.7 Å². The van der Waals surface area contributed by atoms with Gasteiger partial charge in [0.15, 0.2) is 11.5 Å². The van der Waals surface area contributed by atoms with Gasteiger partial charge in [0.1, 0.15) is 5.75 Å². The van der Waals surface area contributed by atoms with Crippen molar-refractivity contribution in [1.29, 1.82) is 0 Å². The van der Waals surface area contributed by atoms with Gasteiger partial charge >= 0.3 is 0 Å². The highest BCUT2D eigenvalue weighted by atomic mass is 16.5. The first-order valence-electron chi connectivity index (χ1n) is 7.85. The van der Waals surface area contributed by atoms with Crippen molar-refractivity contribution in [1.82, 2.24) is 4.98 Å². The molecule has 3 rings (SSSR count). The Morgan fingerprint density at radius 3 is 2.46 bits per heavy atom. The fourth-order valence-electron chi connectivity index (χ4n) is 2.72. The molecule has 0 aliphatic heterocycles. The topological polar surface area (TPSA) is 107 Å². The van der Waals surface area contributed by atoms with Gasteiger partial charge in [-0.05, 0) is 30.7 Å². The van der Waals surface area contributed by atoms with E-state index >= 15 is 0 Å². The molecule has 3 aromatic rings. The molecule has 4 N–H and O–H groups in total. The first kappa shape index (κ1) is 17.3. The zero-order valence-corrected chi connectivity index (χ0v) is 14.7. The normalized spacial score (nSPS) is 10.6. The molecular formula is C19H19N3O4. The van der Waals surface area contributed by atoms with Crippen molar-refractivity contribution >= 4 is 28.2 Å². The van der Waals surface area contributed by atoms with Crippen LogP contribution in [0, 0.1) is 6.92 Å². The first-order valence-corrected chi connectivity index (χ1v) is 7.85. The third-order valence-electron chi connectivity index (χ3n) is 4.05. The molecule has 1 amide bonds. The van der Waals surface area contributed by atoms with Crippen LogP contribution in [0.15, 0.2) is 36.5 Å². The molecule has 7 heteroatoms. The third-order valence-corrected chi connectivity index (χ3v) is 4.05. The van der Waals surface area contributed by atoms with Crippen molar-refractivity contribution in [3.8, 4) is 17.2 Å². The summed E-state index contributed by atoms with van der Waals surface area (Å²) in [5, 5.41) is 13.9. The van der Waals surface area contributed by atoms with Crippen LogP contribution in [0.2, 0.25) is 0 Å². The number of ether oxygens (including phenoxy) is 2. The summed E-state index contributed by atoms with van der Waals surface area (Å²) >= 11 is 0. The number of methoxy groups -OCH3 is 2. The van der Waals surface area contributed by atoms with Gasteiger partial charge < -0.3 is 25.6 Å². The van der Waals surface area contributed by atoms with Gasteiger partial charge in [0, 0.05) is 17.6 Å². The smallest absolute Gasteiger partial charge is 0.252 e. The molecule has 26 heavy (non-hydrogen) atoms. The number of aromatic nitrogens is 1. The van der Waals surface area contributed by atoms with Gasteiger partial charge in [-0.2, -0.15) is 0 Å². The minimum atomic E-state index is -0.636. The second-order valence-electron chi connectivity index (χ2n) is 5.78. The minimum Gasteiger partial charge on any atom is -0.506 e. The molecule has 0 radical (unpaired) electrons. The van der Waals surface area contributed by atoms with Crippen molar-refractivity contribution in [3.63, 3.8) is 0 Å². The molecule has 134 valence electrons. The van der Waals surface area contributed by atoms with Crippen LogP contribution < -0.4 is 20.5 Å². The highest BCUT2D eigenvalue weighted by Crippen LogP contribution is 2.38. The number of aryl methyl sites for hydroxylation is 1. The molecule has 0 saturated heterocycles. The molecule has 0 aliphatic rings. The molecule has 0 aliphatic carbocycles. The zero-order valence-electron chi connectivity index (χ0n) is 14.7. The van der Waals surface area contributed by atoms with Crippen molar-refractivity contribution in [2.45, 2.75) is 6.92 Å². The van der Waals surface area contributed by atoms with Crippen LogP contribution in [0.3, 0.4) is 0 Å². The van der Waals surface area contributed by atoms with E-state index in [4.69, 9.17) is 15.2 Å². The van der Waals surface area contributed by atoms with Crippen LogP contribution in [0.5, 0.6) is 17.2 Å². The number of nitrogens with zero attached hydrogens (tertiary/aromatic N) is 1. The lowest BCUT2D eigenvalue weighted by Crippen LogP contribution is -2.14. The molecule has 7 nitrogen and oxygen atoms in total. The third kappa shape index (κ3) is 3.06. The zero-order chi connectivity index (χ0) is 18.8. The summed E-state index contributed by atoms with van der Waals surface area (Å²) < 4.78 is 10.6. The quantitative estimate of drug-likeness (QED) is 0.609. The molecule has 0 spiro atoms. The average molecular weight is 353 g/mol. The van der Waals surface area contributed by atoms with Crippen LogP contribution in [-0.4, -0.2) is 30.2 Å². The Balaban J connectivity index is 2.25. The molecule has 0 unspecified atom stereocenters. The Bertz CT molecular complexity index is 1000. The molecule has 0 saturated carbocycles. The van der Waals surface area contributed by atoms with Gasteiger partial charge in [-0.1, -0.05) is 6.07 Å². The maximum Gasteiger partial charge on any atom is 0.252 e. The Morgan fingerprint density at radius 1 is 1.15 bits per heavy atom. The molecular weight excluding hydrogens is 334 g/mol. The second-order valence-corrected chi connectivity index (χ2v) is 5.78. The van der Waals surface area contributed by atoms with Gasteiger partial charge in [-0.3, -0.25) is 9.78 Å². The molecule has 1 aromatic heterocycles. The number of phenolic OH excluding ortho intramolecular Hbond substituents is 1. The number of carbonyl (C=O) groups is 1. The number of hydrogen-bond donors (Lipinski definition) is 3. The number of fused-ring (bicyclic) bond motifs is 1. The van der Waals surface area contributed by atoms with Crippen LogP contribution in [0.25, 0.3) is 10.9 Å². The standard InChI is InChI=1S/C19H19N3O4/c1-10-4-5-13(15(23)6-10)22-18-11-7-16(25-2)17(26-3)8-14(11)21-9-12(18)19(20)24/h4-9,23H,1-3H3,(H2,20,24)(H,21,22). The predicted octanol–water partition coefficient (Wildman–Crippen LogP) is 3.11. The summed E-state index contributed by atoms with van der Waals surface area (Å²) in [4.78, 5) is 16.2. The van der Waals surface area contributed by atoms with E-state index in [1.54, 1.807) is 24.3 Å². The number of carbonyl (C=O) groups excluding carboxylic acids is 1. The Hall–Kier alpha value is -3.48. The molecule has 0 bridgehead atoms. The van der Waals surface area contributed by atoms with Gasteiger partial charge in [-0.15, -0.1) is 0 Å². The van der Waals surface area contributed by atoms with Gasteiger partial charge in [-0.25, -0.2) is 0 Å². The number of primary amides is 1. The van der Waals surface area contributed by atoms with E-state index < -0.39 is 5.91 Å². The number of aromatic hydroxyl groups is 1. The molecule has 1 heterocycles. The van der Waals surface area contributed by atoms with Gasteiger partial charge in [0.25, 0.3) is 5.91 Å². The van der Waals surface area contributed by atoms with Crippen LogP contribution >= 0.6 is 0 Å². The number of amides is 1. The fraction of sp³-hybridized carbons (Fsp3) is 0.158. The highest BCUT2D eigenvalue weighted by molar-refractivity contribution is 6.08.